The molecule has 0 radical (unpaired) electrons. The molecule has 2 aromatic heterocycles. The Morgan fingerprint density at radius 3 is 2.54 bits per heavy atom. The molecule has 0 fully saturated rings. The van der Waals surface area contributed by atoms with Crippen LogP contribution < -0.4 is 16.2 Å². The van der Waals surface area contributed by atoms with Crippen molar-refractivity contribution in [3.8, 4) is 0 Å². The second-order valence-corrected chi connectivity index (χ2v) is 9.81. The first kappa shape index (κ1) is 23.0. The number of carbonyl (C=O) groups excluding carboxylic acids is 2. The number of carbonyl (C=O) groups is 2. The number of hydrogen-bond acceptors (Lipinski definition) is 5. The third-order valence-corrected chi connectivity index (χ3v) is 7.61. The van der Waals surface area contributed by atoms with E-state index in [1.54, 1.807) is 48.0 Å². The van der Waals surface area contributed by atoms with Crippen LogP contribution in [0.2, 0.25) is 0 Å². The normalized spacial score (nSPS) is 12.8. The van der Waals surface area contributed by atoms with E-state index in [0.29, 0.717) is 16.9 Å². The summed E-state index contributed by atoms with van der Waals surface area (Å²) >= 11 is 1.62. The van der Waals surface area contributed by atoms with Crippen molar-refractivity contribution in [1.82, 2.24) is 9.55 Å². The second-order valence-electron chi connectivity index (χ2n) is 8.73. The summed E-state index contributed by atoms with van der Waals surface area (Å²) in [5, 5.41) is 6.54. The predicted octanol–water partition coefficient (Wildman–Crippen LogP) is 4.93. The van der Waals surface area contributed by atoms with E-state index in [4.69, 9.17) is 0 Å². The smallest absolute Gasteiger partial charge is 0.262 e. The van der Waals surface area contributed by atoms with Gasteiger partial charge in [-0.05, 0) is 68.0 Å². The zero-order valence-corrected chi connectivity index (χ0v) is 20.3. The number of fused-ring (bicyclic) bond motifs is 3. The van der Waals surface area contributed by atoms with Gasteiger partial charge in [0.1, 0.15) is 4.83 Å². The van der Waals surface area contributed by atoms with Gasteiger partial charge in [-0.15, -0.1) is 11.3 Å². The Labute approximate surface area is 206 Å². The van der Waals surface area contributed by atoms with Crippen LogP contribution in [-0.4, -0.2) is 21.4 Å². The van der Waals surface area contributed by atoms with Crippen LogP contribution in [0.1, 0.15) is 45.6 Å². The molecule has 2 amide bonds. The summed E-state index contributed by atoms with van der Waals surface area (Å²) in [5.74, 6) is -0.422. The number of benzene rings is 2. The molecular formula is C27H26N4O3S. The largest absolute Gasteiger partial charge is 0.326 e. The van der Waals surface area contributed by atoms with Crippen LogP contribution in [0.3, 0.4) is 0 Å². The Bertz CT molecular complexity index is 1470. The van der Waals surface area contributed by atoms with Crippen LogP contribution in [-0.2, 0) is 24.2 Å². The molecule has 2 N–H and O–H groups in total. The number of rotatable bonds is 6. The molecule has 7 nitrogen and oxygen atoms in total. The number of hydrogen-bond donors (Lipinski definition) is 2. The fourth-order valence-corrected chi connectivity index (χ4v) is 5.69. The molecule has 1 aliphatic rings. The summed E-state index contributed by atoms with van der Waals surface area (Å²) in [4.78, 5) is 44.9. The van der Waals surface area contributed by atoms with Crippen LogP contribution in [0, 0.1) is 6.92 Å². The van der Waals surface area contributed by atoms with Crippen molar-refractivity contribution in [1.29, 1.82) is 0 Å². The van der Waals surface area contributed by atoms with Crippen molar-refractivity contribution in [2.24, 2.45) is 0 Å². The molecule has 178 valence electrons. The molecule has 4 aromatic rings. The molecule has 0 bridgehead atoms. The highest BCUT2D eigenvalue weighted by Crippen LogP contribution is 2.33. The predicted molar refractivity (Wildman–Crippen MR) is 139 cm³/mol. The maximum Gasteiger partial charge on any atom is 0.262 e. The van der Waals surface area contributed by atoms with Crippen molar-refractivity contribution in [2.45, 2.75) is 45.6 Å². The molecule has 35 heavy (non-hydrogen) atoms. The number of nitrogens with zero attached hydrogens (tertiary/aromatic N) is 2. The van der Waals surface area contributed by atoms with Gasteiger partial charge >= 0.3 is 0 Å². The average Bonchev–Trinajstić information content (AvgIpc) is 3.26. The third-order valence-electron chi connectivity index (χ3n) is 6.41. The lowest BCUT2D eigenvalue weighted by Crippen LogP contribution is -2.24. The average molecular weight is 487 g/mol. The van der Waals surface area contributed by atoms with Gasteiger partial charge < -0.3 is 10.6 Å². The number of nitrogens with one attached hydrogen (secondary N) is 2. The molecular weight excluding hydrogens is 460 g/mol. The first-order valence-corrected chi connectivity index (χ1v) is 12.6. The van der Waals surface area contributed by atoms with Crippen molar-refractivity contribution >= 4 is 44.7 Å². The molecule has 0 atom stereocenters. The minimum Gasteiger partial charge on any atom is -0.326 e. The van der Waals surface area contributed by atoms with E-state index in [0.717, 1.165) is 47.0 Å². The highest BCUT2D eigenvalue weighted by Gasteiger charge is 2.20. The highest BCUT2D eigenvalue weighted by atomic mass is 32.1. The van der Waals surface area contributed by atoms with E-state index in [9.17, 15) is 14.4 Å². The standard InChI is InChI=1S/C27H26N4O3S/c1-17-20(11-7-12-21(17)30-25(33)18-8-3-2-4-9-18)29-23(32)14-15-31-16-28-26-24(27(31)34)19-10-5-6-13-22(19)35-26/h2-4,7-9,11-12,16H,5-6,10,13-15H2,1H3,(H,29,32)(H,30,33). The summed E-state index contributed by atoms with van der Waals surface area (Å²) in [5.41, 5.74) is 3.65. The first-order valence-electron chi connectivity index (χ1n) is 11.8. The summed E-state index contributed by atoms with van der Waals surface area (Å²) in [6.07, 6.45) is 5.88. The van der Waals surface area contributed by atoms with Gasteiger partial charge in [0.05, 0.1) is 11.7 Å². The molecule has 0 saturated carbocycles. The van der Waals surface area contributed by atoms with Gasteiger partial charge in [-0.25, -0.2) is 4.98 Å². The molecule has 5 rings (SSSR count). The number of anilines is 2. The third kappa shape index (κ3) is 4.74. The molecule has 0 unspecified atom stereocenters. The number of thiophene rings is 1. The zero-order valence-electron chi connectivity index (χ0n) is 19.5. The summed E-state index contributed by atoms with van der Waals surface area (Å²) in [6, 6.07) is 14.3. The molecule has 2 heterocycles. The minimum atomic E-state index is -0.213. The molecule has 2 aromatic carbocycles. The lowest BCUT2D eigenvalue weighted by molar-refractivity contribution is -0.116. The van der Waals surface area contributed by atoms with E-state index < -0.39 is 0 Å². The van der Waals surface area contributed by atoms with Crippen LogP contribution in [0.4, 0.5) is 11.4 Å². The van der Waals surface area contributed by atoms with E-state index in [1.165, 1.54) is 9.44 Å². The summed E-state index contributed by atoms with van der Waals surface area (Å²) < 4.78 is 1.53. The summed E-state index contributed by atoms with van der Waals surface area (Å²) in [6.45, 7) is 2.10. The minimum absolute atomic E-state index is 0.0657. The lowest BCUT2D eigenvalue weighted by atomic mass is 9.97. The maximum atomic E-state index is 13.1. The molecule has 8 heteroatoms. The van der Waals surface area contributed by atoms with E-state index >= 15 is 0 Å². The number of aromatic nitrogens is 2. The van der Waals surface area contributed by atoms with Crippen LogP contribution >= 0.6 is 11.3 Å². The highest BCUT2D eigenvalue weighted by molar-refractivity contribution is 7.18. The molecule has 0 saturated heterocycles. The fourth-order valence-electron chi connectivity index (χ4n) is 4.47. The Kier molecular flexibility index (Phi) is 6.46. The quantitative estimate of drug-likeness (QED) is 0.404. The van der Waals surface area contributed by atoms with Crippen LogP contribution in [0.15, 0.2) is 59.7 Å². The Hall–Kier alpha value is -3.78. The van der Waals surface area contributed by atoms with Gasteiger partial charge in [-0.2, -0.15) is 0 Å². The van der Waals surface area contributed by atoms with Gasteiger partial charge in [-0.3, -0.25) is 19.0 Å². The molecule has 0 spiro atoms. The van der Waals surface area contributed by atoms with E-state index in [2.05, 4.69) is 15.6 Å². The van der Waals surface area contributed by atoms with Gasteiger partial charge in [0.15, 0.2) is 0 Å². The number of amides is 2. The topological polar surface area (TPSA) is 93.1 Å². The molecule has 0 aliphatic heterocycles. The molecule has 1 aliphatic carbocycles. The van der Waals surface area contributed by atoms with Gasteiger partial charge in [-0.1, -0.05) is 24.3 Å². The Morgan fingerprint density at radius 2 is 1.74 bits per heavy atom. The second kappa shape index (κ2) is 9.84. The van der Waals surface area contributed by atoms with E-state index in [-0.39, 0.29) is 30.3 Å². The Morgan fingerprint density at radius 1 is 1.00 bits per heavy atom. The lowest BCUT2D eigenvalue weighted by Gasteiger charge is -2.14. The van der Waals surface area contributed by atoms with Crippen LogP contribution in [0.25, 0.3) is 10.2 Å². The van der Waals surface area contributed by atoms with Gasteiger partial charge in [0.25, 0.3) is 11.5 Å². The van der Waals surface area contributed by atoms with Crippen molar-refractivity contribution in [3.05, 3.63) is 86.8 Å². The SMILES string of the molecule is Cc1c(NC(=O)CCn2cnc3sc4c(c3c2=O)CCCC4)cccc1NC(=O)c1ccccc1. The summed E-state index contributed by atoms with van der Waals surface area (Å²) in [7, 11) is 0. The van der Waals surface area contributed by atoms with Crippen LogP contribution in [0.5, 0.6) is 0 Å². The van der Waals surface area contributed by atoms with Crippen molar-refractivity contribution < 1.29 is 9.59 Å². The van der Waals surface area contributed by atoms with Gasteiger partial charge in [0.2, 0.25) is 5.91 Å². The van der Waals surface area contributed by atoms with Gasteiger partial charge in [0, 0.05) is 34.8 Å². The Balaban J connectivity index is 1.27. The van der Waals surface area contributed by atoms with Crippen molar-refractivity contribution in [3.63, 3.8) is 0 Å². The van der Waals surface area contributed by atoms with E-state index in [1.807, 2.05) is 25.1 Å². The first-order chi connectivity index (χ1) is 17.0. The monoisotopic (exact) mass is 486 g/mol. The number of aryl methyl sites for hydroxylation is 3. The fraction of sp³-hybridized carbons (Fsp3) is 0.259. The zero-order chi connectivity index (χ0) is 24.4. The van der Waals surface area contributed by atoms with Crippen molar-refractivity contribution in [2.75, 3.05) is 10.6 Å². The maximum absolute atomic E-state index is 13.1.